The van der Waals surface area contributed by atoms with Crippen LogP contribution in [0.15, 0.2) is 30.3 Å². The monoisotopic (exact) mass is 313 g/mol. The Hall–Kier alpha value is -1.65. The van der Waals surface area contributed by atoms with Gasteiger partial charge in [0, 0.05) is 6.54 Å². The summed E-state index contributed by atoms with van der Waals surface area (Å²) in [6, 6.07) is 7.76. The van der Waals surface area contributed by atoms with Gasteiger partial charge >= 0.3 is 0 Å². The van der Waals surface area contributed by atoms with Gasteiger partial charge in [-0.3, -0.25) is 0 Å². The third-order valence-corrected chi connectivity index (χ3v) is 3.51. The van der Waals surface area contributed by atoms with Gasteiger partial charge in [-0.2, -0.15) is 0 Å². The zero-order chi connectivity index (χ0) is 14.1. The Morgan fingerprint density at radius 1 is 1.10 bits per heavy atom. The predicted octanol–water partition coefficient (Wildman–Crippen LogP) is 4.47. The van der Waals surface area contributed by atoms with Gasteiger partial charge in [-0.25, -0.2) is 4.39 Å². The third-order valence-electron chi connectivity index (χ3n) is 2.90. The second kappa shape index (κ2) is 5.38. The highest BCUT2D eigenvalue weighted by atomic mass is 35.5. The summed E-state index contributed by atoms with van der Waals surface area (Å²) in [6.07, 6.45) is 0. The Morgan fingerprint density at radius 2 is 1.95 bits per heavy atom. The summed E-state index contributed by atoms with van der Waals surface area (Å²) in [7, 11) is 0. The summed E-state index contributed by atoms with van der Waals surface area (Å²) in [4.78, 5) is 0. The normalized spacial score (nSPS) is 12.6. The molecule has 0 aliphatic carbocycles. The molecule has 2 aromatic rings. The van der Waals surface area contributed by atoms with Crippen LogP contribution in [-0.2, 0) is 6.54 Å². The first-order valence-corrected chi connectivity index (χ1v) is 6.66. The van der Waals surface area contributed by atoms with Crippen molar-refractivity contribution in [3.05, 3.63) is 51.8 Å². The number of halogens is 3. The van der Waals surface area contributed by atoms with Crippen LogP contribution in [0.3, 0.4) is 0 Å². The van der Waals surface area contributed by atoms with Crippen molar-refractivity contribution in [3.63, 3.8) is 0 Å². The molecule has 0 saturated carbocycles. The molecule has 0 atom stereocenters. The van der Waals surface area contributed by atoms with Crippen molar-refractivity contribution in [2.75, 3.05) is 12.1 Å². The Kier molecular flexibility index (Phi) is 3.59. The molecule has 0 fully saturated rings. The molecule has 0 spiro atoms. The molecule has 1 heterocycles. The van der Waals surface area contributed by atoms with E-state index in [1.165, 1.54) is 18.2 Å². The molecule has 2 aromatic carbocycles. The number of hydrogen-bond donors (Lipinski definition) is 1. The Morgan fingerprint density at radius 3 is 2.80 bits per heavy atom. The molecule has 1 aliphatic heterocycles. The van der Waals surface area contributed by atoms with Gasteiger partial charge in [0.2, 0.25) is 6.79 Å². The van der Waals surface area contributed by atoms with Crippen LogP contribution in [0, 0.1) is 5.82 Å². The van der Waals surface area contributed by atoms with E-state index in [2.05, 4.69) is 5.32 Å². The van der Waals surface area contributed by atoms with Crippen molar-refractivity contribution in [2.24, 2.45) is 0 Å². The van der Waals surface area contributed by atoms with Gasteiger partial charge in [-0.1, -0.05) is 23.2 Å². The number of benzene rings is 2. The van der Waals surface area contributed by atoms with Crippen LogP contribution >= 0.6 is 23.2 Å². The van der Waals surface area contributed by atoms with Crippen molar-refractivity contribution in [1.82, 2.24) is 0 Å². The summed E-state index contributed by atoms with van der Waals surface area (Å²) in [6.45, 7) is 0.612. The van der Waals surface area contributed by atoms with Crippen molar-refractivity contribution in [1.29, 1.82) is 0 Å². The summed E-state index contributed by atoms with van der Waals surface area (Å²) >= 11 is 12.1. The van der Waals surface area contributed by atoms with Crippen LogP contribution in [0.4, 0.5) is 10.1 Å². The van der Waals surface area contributed by atoms with Crippen LogP contribution in [0.5, 0.6) is 11.5 Å². The van der Waals surface area contributed by atoms with Crippen LogP contribution < -0.4 is 14.8 Å². The fraction of sp³-hybridized carbons (Fsp3) is 0.143. The molecule has 0 bridgehead atoms. The molecule has 1 N–H and O–H groups in total. The van der Waals surface area contributed by atoms with Gasteiger partial charge in [0.1, 0.15) is 5.82 Å². The van der Waals surface area contributed by atoms with Gasteiger partial charge in [-0.05, 0) is 35.9 Å². The average Bonchev–Trinajstić information content (AvgIpc) is 2.89. The zero-order valence-electron chi connectivity index (χ0n) is 10.3. The van der Waals surface area contributed by atoms with Crippen molar-refractivity contribution >= 4 is 28.9 Å². The van der Waals surface area contributed by atoms with Crippen LogP contribution in [0.1, 0.15) is 5.56 Å². The summed E-state index contributed by atoms with van der Waals surface area (Å²) < 4.78 is 23.7. The lowest BCUT2D eigenvalue weighted by Crippen LogP contribution is -2.00. The van der Waals surface area contributed by atoms with E-state index >= 15 is 0 Å². The minimum atomic E-state index is -0.347. The second-order valence-electron chi connectivity index (χ2n) is 4.29. The first-order chi connectivity index (χ1) is 9.63. The van der Waals surface area contributed by atoms with E-state index in [0.717, 1.165) is 5.56 Å². The van der Waals surface area contributed by atoms with Gasteiger partial charge in [0.15, 0.2) is 11.5 Å². The molecule has 0 radical (unpaired) electrons. The molecule has 0 amide bonds. The maximum Gasteiger partial charge on any atom is 0.231 e. The molecule has 6 heteroatoms. The quantitative estimate of drug-likeness (QED) is 0.906. The molecule has 0 aromatic heterocycles. The third kappa shape index (κ3) is 2.62. The fourth-order valence-electron chi connectivity index (χ4n) is 1.95. The van der Waals surface area contributed by atoms with Crippen LogP contribution in [0.2, 0.25) is 10.0 Å². The molecule has 1 aliphatic rings. The summed E-state index contributed by atoms with van der Waals surface area (Å²) in [5.41, 5.74) is 1.42. The van der Waals surface area contributed by atoms with Crippen molar-refractivity contribution in [3.8, 4) is 11.5 Å². The standard InChI is InChI=1S/C14H10Cl2FNO2/c15-10-2-1-9(17)5-12(10)18-6-8-3-11(16)14-13(4-8)19-7-20-14/h1-5,18H,6-7H2. The molecule has 3 nitrogen and oxygen atoms in total. The van der Waals surface area contributed by atoms with Gasteiger partial charge < -0.3 is 14.8 Å². The van der Waals surface area contributed by atoms with Crippen molar-refractivity contribution < 1.29 is 13.9 Å². The zero-order valence-corrected chi connectivity index (χ0v) is 11.8. The molecule has 104 valence electrons. The molecular formula is C14H10Cl2FNO2. The molecule has 20 heavy (non-hydrogen) atoms. The van der Waals surface area contributed by atoms with E-state index in [9.17, 15) is 4.39 Å². The van der Waals surface area contributed by atoms with Gasteiger partial charge in [0.05, 0.1) is 15.7 Å². The molecular weight excluding hydrogens is 304 g/mol. The largest absolute Gasteiger partial charge is 0.454 e. The summed E-state index contributed by atoms with van der Waals surface area (Å²) in [5, 5.41) is 4.01. The highest BCUT2D eigenvalue weighted by molar-refractivity contribution is 6.33. The topological polar surface area (TPSA) is 30.5 Å². The first kappa shape index (κ1) is 13.3. The lowest BCUT2D eigenvalue weighted by atomic mass is 10.2. The smallest absolute Gasteiger partial charge is 0.231 e. The highest BCUT2D eigenvalue weighted by Gasteiger charge is 2.18. The number of fused-ring (bicyclic) bond motifs is 1. The van der Waals surface area contributed by atoms with E-state index in [-0.39, 0.29) is 12.6 Å². The van der Waals surface area contributed by atoms with Crippen LogP contribution in [0.25, 0.3) is 0 Å². The minimum absolute atomic E-state index is 0.168. The minimum Gasteiger partial charge on any atom is -0.454 e. The Balaban J connectivity index is 1.79. The van der Waals surface area contributed by atoms with Crippen molar-refractivity contribution in [2.45, 2.75) is 6.54 Å². The fourth-order valence-corrected chi connectivity index (χ4v) is 2.43. The second-order valence-corrected chi connectivity index (χ2v) is 5.10. The first-order valence-electron chi connectivity index (χ1n) is 5.90. The molecule has 3 rings (SSSR count). The SMILES string of the molecule is Fc1ccc(Cl)c(NCc2cc(Cl)c3c(c2)OCO3)c1. The van der Waals surface area contributed by atoms with E-state index in [1.54, 1.807) is 6.07 Å². The lowest BCUT2D eigenvalue weighted by molar-refractivity contribution is 0.174. The number of nitrogens with one attached hydrogen (secondary N) is 1. The molecule has 0 saturated heterocycles. The van der Waals surface area contributed by atoms with Crippen LogP contribution in [-0.4, -0.2) is 6.79 Å². The van der Waals surface area contributed by atoms with Gasteiger partial charge in [-0.15, -0.1) is 0 Å². The average molecular weight is 314 g/mol. The Bertz CT molecular complexity index is 664. The molecule has 0 unspecified atom stereocenters. The van der Waals surface area contributed by atoms with E-state index in [4.69, 9.17) is 32.7 Å². The number of rotatable bonds is 3. The maximum atomic E-state index is 13.2. The van der Waals surface area contributed by atoms with E-state index in [1.807, 2.05) is 6.07 Å². The number of hydrogen-bond acceptors (Lipinski definition) is 3. The lowest BCUT2D eigenvalue weighted by Gasteiger charge is -2.10. The highest BCUT2D eigenvalue weighted by Crippen LogP contribution is 2.40. The summed E-state index contributed by atoms with van der Waals surface area (Å²) in [5.74, 6) is 0.819. The predicted molar refractivity (Wildman–Crippen MR) is 76.3 cm³/mol. The van der Waals surface area contributed by atoms with E-state index < -0.39 is 0 Å². The maximum absolute atomic E-state index is 13.2. The number of anilines is 1. The van der Waals surface area contributed by atoms with E-state index in [0.29, 0.717) is 33.8 Å². The Labute approximate surface area is 125 Å². The number of ether oxygens (including phenoxy) is 2. The van der Waals surface area contributed by atoms with Gasteiger partial charge in [0.25, 0.3) is 0 Å².